The lowest BCUT2D eigenvalue weighted by Crippen LogP contribution is -2.50. The number of carbonyl (C=O) groups excluding carboxylic acids is 1. The number of nitrogens with zero attached hydrogens (tertiary/aromatic N) is 4. The summed E-state index contributed by atoms with van der Waals surface area (Å²) in [7, 11) is 4.27. The van der Waals surface area contributed by atoms with Crippen molar-refractivity contribution in [3.8, 4) is 0 Å². The number of thioether (sulfide) groups is 1. The van der Waals surface area contributed by atoms with Crippen LogP contribution in [0.3, 0.4) is 0 Å². The molecule has 3 heterocycles. The summed E-state index contributed by atoms with van der Waals surface area (Å²) in [6.07, 6.45) is 0.776. The van der Waals surface area contributed by atoms with Crippen LogP contribution in [0.1, 0.15) is 17.6 Å². The van der Waals surface area contributed by atoms with Crippen LogP contribution in [0.15, 0.2) is 4.52 Å². The molecule has 3 rings (SSSR count). The Morgan fingerprint density at radius 1 is 1.40 bits per heavy atom. The topological polar surface area (TPSA) is 62.5 Å². The third-order valence-electron chi connectivity index (χ3n) is 4.10. The van der Waals surface area contributed by atoms with Gasteiger partial charge in [-0.1, -0.05) is 5.16 Å². The molecule has 2 saturated heterocycles. The number of ketones is 1. The molecular weight excluding hydrogens is 276 g/mol. The van der Waals surface area contributed by atoms with Crippen molar-refractivity contribution in [1.29, 1.82) is 0 Å². The van der Waals surface area contributed by atoms with E-state index in [0.717, 1.165) is 37.6 Å². The molecule has 0 bridgehead atoms. The molecule has 2 aliphatic heterocycles. The lowest BCUT2D eigenvalue weighted by molar-refractivity contribution is -0.117. The standard InChI is InChI=1S/C13H20N4O2S/c1-16-3-4-17(2)9(6-16)5-12-14-13(19-15-12)10-7-20-8-11(10)18/h9-10H,3-8H2,1-2H3. The van der Waals surface area contributed by atoms with Crippen LogP contribution in [-0.2, 0) is 11.2 Å². The molecule has 0 saturated carbocycles. The van der Waals surface area contributed by atoms with Crippen LogP contribution in [0.2, 0.25) is 0 Å². The molecule has 2 aliphatic rings. The molecule has 2 fully saturated rings. The maximum absolute atomic E-state index is 11.7. The van der Waals surface area contributed by atoms with Gasteiger partial charge in [-0.15, -0.1) is 0 Å². The van der Waals surface area contributed by atoms with Gasteiger partial charge < -0.3 is 14.3 Å². The van der Waals surface area contributed by atoms with Gasteiger partial charge in [0.05, 0.1) is 5.75 Å². The molecule has 1 aromatic rings. The maximum atomic E-state index is 11.7. The van der Waals surface area contributed by atoms with E-state index in [0.29, 0.717) is 17.7 Å². The van der Waals surface area contributed by atoms with Gasteiger partial charge in [0.1, 0.15) is 5.92 Å². The van der Waals surface area contributed by atoms with E-state index < -0.39 is 0 Å². The van der Waals surface area contributed by atoms with Crippen molar-refractivity contribution in [2.45, 2.75) is 18.4 Å². The molecule has 0 N–H and O–H groups in total. The first-order valence-electron chi connectivity index (χ1n) is 6.95. The van der Waals surface area contributed by atoms with E-state index >= 15 is 0 Å². The van der Waals surface area contributed by atoms with Crippen molar-refractivity contribution in [2.24, 2.45) is 0 Å². The van der Waals surface area contributed by atoms with Crippen molar-refractivity contribution in [3.05, 3.63) is 11.7 Å². The Morgan fingerprint density at radius 3 is 3.00 bits per heavy atom. The minimum absolute atomic E-state index is 0.187. The van der Waals surface area contributed by atoms with Crippen molar-refractivity contribution >= 4 is 17.5 Å². The number of aromatic nitrogens is 2. The van der Waals surface area contributed by atoms with E-state index in [1.807, 2.05) is 0 Å². The lowest BCUT2D eigenvalue weighted by Gasteiger charge is -2.37. The summed E-state index contributed by atoms with van der Waals surface area (Å²) in [6.45, 7) is 3.17. The number of hydrogen-bond acceptors (Lipinski definition) is 7. The molecule has 0 radical (unpaired) electrons. The van der Waals surface area contributed by atoms with Crippen LogP contribution in [0.5, 0.6) is 0 Å². The summed E-state index contributed by atoms with van der Waals surface area (Å²) in [6, 6.07) is 0.410. The van der Waals surface area contributed by atoms with Gasteiger partial charge >= 0.3 is 0 Å². The summed E-state index contributed by atoms with van der Waals surface area (Å²) in [5, 5.41) is 4.06. The van der Waals surface area contributed by atoms with Crippen LogP contribution < -0.4 is 0 Å². The molecular formula is C13H20N4O2S. The first-order valence-corrected chi connectivity index (χ1v) is 8.10. The van der Waals surface area contributed by atoms with Gasteiger partial charge in [-0.05, 0) is 14.1 Å². The SMILES string of the molecule is CN1CCN(C)C(Cc2noc(C3CSCC3=O)n2)C1. The lowest BCUT2D eigenvalue weighted by atomic mass is 10.1. The molecule has 0 aliphatic carbocycles. The molecule has 0 aromatic carbocycles. The highest BCUT2D eigenvalue weighted by Crippen LogP contribution is 2.28. The predicted octanol–water partition coefficient (Wildman–Crippen LogP) is 0.257. The van der Waals surface area contributed by atoms with Crippen molar-refractivity contribution in [1.82, 2.24) is 19.9 Å². The van der Waals surface area contributed by atoms with E-state index in [1.54, 1.807) is 11.8 Å². The zero-order valence-electron chi connectivity index (χ0n) is 11.9. The third kappa shape index (κ3) is 2.89. The average Bonchev–Trinajstić information content (AvgIpc) is 3.02. The van der Waals surface area contributed by atoms with Gasteiger partial charge in [0.2, 0.25) is 5.89 Å². The minimum atomic E-state index is -0.187. The molecule has 0 spiro atoms. The first kappa shape index (κ1) is 14.0. The summed E-state index contributed by atoms with van der Waals surface area (Å²) in [4.78, 5) is 20.8. The largest absolute Gasteiger partial charge is 0.339 e. The van der Waals surface area contributed by atoms with Gasteiger partial charge in [0.15, 0.2) is 11.6 Å². The second-order valence-corrected chi connectivity index (χ2v) is 6.71. The van der Waals surface area contributed by atoms with E-state index in [9.17, 15) is 4.79 Å². The number of piperazine rings is 1. The molecule has 2 atom stereocenters. The average molecular weight is 296 g/mol. The highest BCUT2D eigenvalue weighted by Gasteiger charge is 2.32. The van der Waals surface area contributed by atoms with Crippen molar-refractivity contribution in [2.75, 3.05) is 45.2 Å². The van der Waals surface area contributed by atoms with Crippen LogP contribution >= 0.6 is 11.8 Å². The van der Waals surface area contributed by atoms with Gasteiger partial charge in [-0.25, -0.2) is 0 Å². The predicted molar refractivity (Wildman–Crippen MR) is 77.0 cm³/mol. The Bertz CT molecular complexity index is 492. The minimum Gasteiger partial charge on any atom is -0.339 e. The number of rotatable bonds is 3. The summed E-state index contributed by atoms with van der Waals surface area (Å²) in [5.74, 6) is 2.58. The smallest absolute Gasteiger partial charge is 0.238 e. The third-order valence-corrected chi connectivity index (χ3v) is 5.16. The van der Waals surface area contributed by atoms with Crippen LogP contribution in [0.4, 0.5) is 0 Å². The fourth-order valence-corrected chi connectivity index (χ4v) is 3.79. The fraction of sp³-hybridized carbons (Fsp3) is 0.769. The van der Waals surface area contributed by atoms with Gasteiger partial charge in [0.25, 0.3) is 0 Å². The summed E-state index contributed by atoms with van der Waals surface area (Å²) >= 11 is 1.64. The molecule has 110 valence electrons. The van der Waals surface area contributed by atoms with Crippen molar-refractivity contribution < 1.29 is 9.32 Å². The molecule has 1 aromatic heterocycles. The van der Waals surface area contributed by atoms with E-state index in [4.69, 9.17) is 4.52 Å². The number of hydrogen-bond donors (Lipinski definition) is 0. The first-order chi connectivity index (χ1) is 9.63. The summed E-state index contributed by atoms with van der Waals surface area (Å²) in [5.41, 5.74) is 0. The monoisotopic (exact) mass is 296 g/mol. The van der Waals surface area contributed by atoms with E-state index in [1.165, 1.54) is 0 Å². The Balaban J connectivity index is 1.66. The number of carbonyl (C=O) groups is 1. The molecule has 6 nitrogen and oxygen atoms in total. The Hall–Kier alpha value is -0.920. The number of likely N-dealkylation sites (N-methyl/N-ethyl adjacent to an activating group) is 2. The highest BCUT2D eigenvalue weighted by atomic mass is 32.2. The zero-order valence-corrected chi connectivity index (χ0v) is 12.7. The van der Waals surface area contributed by atoms with Crippen LogP contribution in [0, 0.1) is 0 Å². The van der Waals surface area contributed by atoms with Crippen LogP contribution in [0.25, 0.3) is 0 Å². The van der Waals surface area contributed by atoms with Crippen LogP contribution in [-0.4, -0.2) is 77.0 Å². The number of Topliss-reactive ketones (excluding diaryl/α,β-unsaturated/α-hetero) is 1. The Morgan fingerprint density at radius 2 is 2.25 bits per heavy atom. The second kappa shape index (κ2) is 5.83. The zero-order chi connectivity index (χ0) is 14.1. The van der Waals surface area contributed by atoms with Gasteiger partial charge in [-0.2, -0.15) is 16.7 Å². The quantitative estimate of drug-likeness (QED) is 0.792. The molecule has 0 amide bonds. The Labute approximate surface area is 122 Å². The van der Waals surface area contributed by atoms with Gasteiger partial charge in [-0.3, -0.25) is 4.79 Å². The Kier molecular flexibility index (Phi) is 4.09. The van der Waals surface area contributed by atoms with Crippen molar-refractivity contribution in [3.63, 3.8) is 0 Å². The normalized spacial score (nSPS) is 29.2. The molecule has 20 heavy (non-hydrogen) atoms. The maximum Gasteiger partial charge on any atom is 0.238 e. The molecule has 7 heteroatoms. The fourth-order valence-electron chi connectivity index (χ4n) is 2.70. The van der Waals surface area contributed by atoms with Gasteiger partial charge in [0, 0.05) is 37.8 Å². The summed E-state index contributed by atoms with van der Waals surface area (Å²) < 4.78 is 5.30. The van der Waals surface area contributed by atoms with E-state index in [-0.39, 0.29) is 11.7 Å². The highest BCUT2D eigenvalue weighted by molar-refractivity contribution is 8.00. The van der Waals surface area contributed by atoms with E-state index in [2.05, 4.69) is 34.0 Å². The second-order valence-electron chi connectivity index (χ2n) is 5.68. The molecule has 2 unspecified atom stereocenters.